The first kappa shape index (κ1) is 42.7. The Labute approximate surface area is 276 Å². The Hall–Kier alpha value is -1.35. The fraction of sp³-hybridized carbons (Fsp3) is 0.939. The number of carbonyl (C=O) groups is 2. The van der Waals surface area contributed by atoms with Crippen molar-refractivity contribution < 1.29 is 56.8 Å². The van der Waals surface area contributed by atoms with E-state index in [0.717, 1.165) is 38.5 Å². The molecule has 272 valence electrons. The number of carbonyl (C=O) groups excluding carboxylic acids is 2. The van der Waals surface area contributed by atoms with Crippen LogP contribution in [-0.4, -0.2) is 96.0 Å². The molecule has 0 saturated carbocycles. The molecule has 46 heavy (non-hydrogen) atoms. The number of aliphatic hydroxyl groups excluding tert-OH is 3. The van der Waals surface area contributed by atoms with Crippen molar-refractivity contribution in [2.75, 3.05) is 19.0 Å². The fourth-order valence-corrected chi connectivity index (χ4v) is 6.07. The molecule has 1 aliphatic rings. The highest BCUT2D eigenvalue weighted by atomic mass is 32.2. The van der Waals surface area contributed by atoms with Crippen LogP contribution >= 0.6 is 0 Å². The van der Waals surface area contributed by atoms with Gasteiger partial charge in [0.05, 0.1) is 6.61 Å². The molecule has 12 nitrogen and oxygen atoms in total. The Balaban J connectivity index is 2.57. The number of unbranched alkanes of at least 4 members (excludes halogenated alkanes) is 16. The molecule has 2 unspecified atom stereocenters. The molecule has 1 fully saturated rings. The van der Waals surface area contributed by atoms with E-state index in [1.54, 1.807) is 0 Å². The van der Waals surface area contributed by atoms with Gasteiger partial charge in [0.15, 0.2) is 12.4 Å². The summed E-state index contributed by atoms with van der Waals surface area (Å²) in [6.45, 7) is 3.66. The first-order chi connectivity index (χ1) is 22.0. The van der Waals surface area contributed by atoms with Crippen molar-refractivity contribution in [2.24, 2.45) is 0 Å². The van der Waals surface area contributed by atoms with Gasteiger partial charge in [-0.05, 0) is 12.8 Å². The molecule has 6 atom stereocenters. The molecule has 0 aromatic rings. The molecule has 1 saturated heterocycles. The van der Waals surface area contributed by atoms with Gasteiger partial charge >= 0.3 is 11.9 Å². The standard InChI is InChI=1S/C33H62O12S/c1-3-5-7-9-11-13-14-16-17-19-21-28(34)42-23-26(44-29(35)22-20-18-15-12-10-8-6-4-2)24-43-33-32(38)31(37)30(36)27(45-33)25-46(39,40)41/h26-27,30-33,36-38H,3-25H2,1-2H3,(H,39,40,41)/t26-,27-,30-,31?,32?,33+/m1/s1. The van der Waals surface area contributed by atoms with E-state index >= 15 is 0 Å². The Bertz CT molecular complexity index is 899. The molecule has 4 N–H and O–H groups in total. The van der Waals surface area contributed by atoms with E-state index in [1.165, 1.54) is 64.2 Å². The van der Waals surface area contributed by atoms with Crippen LogP contribution in [-0.2, 0) is 38.7 Å². The van der Waals surface area contributed by atoms with E-state index in [2.05, 4.69) is 13.8 Å². The molecular formula is C33H62O12S. The van der Waals surface area contributed by atoms with Crippen LogP contribution in [0.3, 0.4) is 0 Å². The normalized spacial score (nSPS) is 22.4. The lowest BCUT2D eigenvalue weighted by atomic mass is 10.00. The zero-order valence-corrected chi connectivity index (χ0v) is 29.0. The number of aliphatic hydroxyl groups is 3. The van der Waals surface area contributed by atoms with Gasteiger partial charge in [0.1, 0.15) is 36.8 Å². The van der Waals surface area contributed by atoms with Crippen LogP contribution in [0.2, 0.25) is 0 Å². The van der Waals surface area contributed by atoms with Crippen LogP contribution in [0.5, 0.6) is 0 Å². The highest BCUT2D eigenvalue weighted by Gasteiger charge is 2.46. The minimum Gasteiger partial charge on any atom is -0.462 e. The number of hydrogen-bond donors (Lipinski definition) is 4. The lowest BCUT2D eigenvalue weighted by Gasteiger charge is -2.40. The Morgan fingerprint density at radius 3 is 1.59 bits per heavy atom. The summed E-state index contributed by atoms with van der Waals surface area (Å²) >= 11 is 0. The summed E-state index contributed by atoms with van der Waals surface area (Å²) in [6.07, 6.45) is 10.5. The quantitative estimate of drug-likeness (QED) is 0.0493. The van der Waals surface area contributed by atoms with Crippen LogP contribution in [0, 0.1) is 0 Å². The smallest absolute Gasteiger partial charge is 0.306 e. The maximum absolute atomic E-state index is 12.6. The maximum atomic E-state index is 12.6. The molecule has 1 heterocycles. The van der Waals surface area contributed by atoms with Crippen molar-refractivity contribution in [3.8, 4) is 0 Å². The third-order valence-electron chi connectivity index (χ3n) is 8.19. The van der Waals surface area contributed by atoms with Crippen molar-refractivity contribution in [3.63, 3.8) is 0 Å². The minimum atomic E-state index is -4.59. The van der Waals surface area contributed by atoms with E-state index < -0.39 is 71.2 Å². The van der Waals surface area contributed by atoms with Gasteiger partial charge in [0, 0.05) is 12.8 Å². The van der Waals surface area contributed by atoms with Crippen LogP contribution in [0.4, 0.5) is 0 Å². The van der Waals surface area contributed by atoms with E-state index in [4.69, 9.17) is 23.5 Å². The van der Waals surface area contributed by atoms with Crippen molar-refractivity contribution in [1.29, 1.82) is 0 Å². The van der Waals surface area contributed by atoms with E-state index in [-0.39, 0.29) is 19.4 Å². The van der Waals surface area contributed by atoms with Crippen LogP contribution in [0.25, 0.3) is 0 Å². The second-order valence-electron chi connectivity index (χ2n) is 12.5. The van der Waals surface area contributed by atoms with Crippen molar-refractivity contribution in [2.45, 2.75) is 179 Å². The van der Waals surface area contributed by atoms with Crippen molar-refractivity contribution in [3.05, 3.63) is 0 Å². The van der Waals surface area contributed by atoms with Crippen LogP contribution < -0.4 is 0 Å². The van der Waals surface area contributed by atoms with Gasteiger partial charge in [0.2, 0.25) is 0 Å². The summed E-state index contributed by atoms with van der Waals surface area (Å²) in [5, 5.41) is 30.6. The van der Waals surface area contributed by atoms with Crippen LogP contribution in [0.15, 0.2) is 0 Å². The van der Waals surface area contributed by atoms with Crippen molar-refractivity contribution in [1.82, 2.24) is 0 Å². The largest absolute Gasteiger partial charge is 0.462 e. The Morgan fingerprint density at radius 1 is 0.652 bits per heavy atom. The first-order valence-electron chi connectivity index (χ1n) is 17.6. The molecule has 0 bridgehead atoms. The Kier molecular flexibility index (Phi) is 23.8. The molecule has 0 radical (unpaired) electrons. The summed E-state index contributed by atoms with van der Waals surface area (Å²) in [6, 6.07) is 0. The number of hydrogen-bond acceptors (Lipinski definition) is 11. The lowest BCUT2D eigenvalue weighted by molar-refractivity contribution is -0.297. The maximum Gasteiger partial charge on any atom is 0.306 e. The van der Waals surface area contributed by atoms with Gasteiger partial charge in [-0.1, -0.05) is 117 Å². The zero-order chi connectivity index (χ0) is 34.2. The molecule has 0 spiro atoms. The van der Waals surface area contributed by atoms with Gasteiger partial charge in [-0.15, -0.1) is 0 Å². The monoisotopic (exact) mass is 682 g/mol. The zero-order valence-electron chi connectivity index (χ0n) is 28.2. The molecule has 0 amide bonds. The molecule has 1 aliphatic heterocycles. The average molecular weight is 683 g/mol. The average Bonchev–Trinajstić information content (AvgIpc) is 3.00. The predicted molar refractivity (Wildman–Crippen MR) is 174 cm³/mol. The Morgan fingerprint density at radius 2 is 1.11 bits per heavy atom. The minimum absolute atomic E-state index is 0.169. The second kappa shape index (κ2) is 25.6. The van der Waals surface area contributed by atoms with Gasteiger partial charge in [-0.25, -0.2) is 0 Å². The van der Waals surface area contributed by atoms with Crippen LogP contribution in [0.1, 0.15) is 142 Å². The number of rotatable bonds is 28. The highest BCUT2D eigenvalue weighted by Crippen LogP contribution is 2.24. The van der Waals surface area contributed by atoms with E-state index in [0.29, 0.717) is 12.8 Å². The molecule has 0 aromatic heterocycles. The van der Waals surface area contributed by atoms with Crippen molar-refractivity contribution >= 4 is 22.1 Å². The first-order valence-corrected chi connectivity index (χ1v) is 19.2. The third kappa shape index (κ3) is 20.8. The topological polar surface area (TPSA) is 186 Å². The fourth-order valence-electron chi connectivity index (χ4n) is 5.38. The molecule has 0 aliphatic carbocycles. The summed E-state index contributed by atoms with van der Waals surface area (Å²) in [7, 11) is -4.59. The summed E-state index contributed by atoms with van der Waals surface area (Å²) < 4.78 is 53.5. The van der Waals surface area contributed by atoms with E-state index in [9.17, 15) is 33.3 Å². The molecule has 1 rings (SSSR count). The van der Waals surface area contributed by atoms with Gasteiger partial charge in [-0.2, -0.15) is 8.42 Å². The van der Waals surface area contributed by atoms with Gasteiger partial charge < -0.3 is 34.3 Å². The molecule has 0 aromatic carbocycles. The molecule has 13 heteroatoms. The second-order valence-corrected chi connectivity index (χ2v) is 14.0. The number of esters is 2. The number of ether oxygens (including phenoxy) is 4. The van der Waals surface area contributed by atoms with Gasteiger partial charge in [-0.3, -0.25) is 14.1 Å². The van der Waals surface area contributed by atoms with E-state index in [1.807, 2.05) is 0 Å². The summed E-state index contributed by atoms with van der Waals surface area (Å²) in [4.78, 5) is 25.0. The van der Waals surface area contributed by atoms with Gasteiger partial charge in [0.25, 0.3) is 10.1 Å². The predicted octanol–water partition coefficient (Wildman–Crippen LogP) is 5.00. The third-order valence-corrected chi connectivity index (χ3v) is 8.94. The molecular weight excluding hydrogens is 620 g/mol. The summed E-state index contributed by atoms with van der Waals surface area (Å²) in [5.41, 5.74) is 0. The lowest BCUT2D eigenvalue weighted by Crippen LogP contribution is -2.60. The SMILES string of the molecule is CCCCCCCCCCCCC(=O)OC[C@H](CO[C@H]1O[C@H](CS(=O)(=O)O)[C@@H](O)C(O)C1O)OC(=O)CCCCCCCCCC. The summed E-state index contributed by atoms with van der Waals surface area (Å²) in [5.74, 6) is -1.98. The highest BCUT2D eigenvalue weighted by molar-refractivity contribution is 7.85.